The van der Waals surface area contributed by atoms with Gasteiger partial charge in [-0.05, 0) is 24.3 Å². The van der Waals surface area contributed by atoms with Crippen LogP contribution in [0.25, 0.3) is 17.0 Å². The lowest BCUT2D eigenvalue weighted by Crippen LogP contribution is -1.85. The minimum atomic E-state index is 0.600. The largest absolute Gasteiger partial charge is 0.219 e. The second kappa shape index (κ2) is 4.13. The summed E-state index contributed by atoms with van der Waals surface area (Å²) in [7, 11) is 0. The van der Waals surface area contributed by atoms with E-state index in [1.54, 1.807) is 10.6 Å². The number of fused-ring (bicyclic) bond motifs is 1. The summed E-state index contributed by atoms with van der Waals surface area (Å²) in [4.78, 5) is 4.42. The first-order chi connectivity index (χ1) is 8.24. The van der Waals surface area contributed by atoms with Crippen LogP contribution >= 0.6 is 27.5 Å². The van der Waals surface area contributed by atoms with Crippen molar-refractivity contribution in [3.8, 4) is 11.4 Å². The average Bonchev–Trinajstić information content (AvgIpc) is 2.75. The van der Waals surface area contributed by atoms with Crippen LogP contribution in [0.15, 0.2) is 47.1 Å². The van der Waals surface area contributed by atoms with Crippen LogP contribution in [-0.4, -0.2) is 14.6 Å². The van der Waals surface area contributed by atoms with Crippen LogP contribution in [0.4, 0.5) is 0 Å². The fraction of sp³-hybridized carbons (Fsp3) is 0. The predicted octanol–water partition coefficient (Wildman–Crippen LogP) is 3.81. The van der Waals surface area contributed by atoms with Crippen LogP contribution in [-0.2, 0) is 0 Å². The molecule has 2 aromatic heterocycles. The number of halogens is 2. The molecule has 3 rings (SSSR count). The molecule has 1 aromatic carbocycles. The Morgan fingerprint density at radius 2 is 1.88 bits per heavy atom. The summed E-state index contributed by atoms with van der Waals surface area (Å²) < 4.78 is 2.71. The van der Waals surface area contributed by atoms with Gasteiger partial charge in [0.15, 0.2) is 11.5 Å². The molecule has 3 aromatic rings. The highest BCUT2D eigenvalue weighted by Crippen LogP contribution is 2.21. The minimum Gasteiger partial charge on any atom is -0.219 e. The van der Waals surface area contributed by atoms with Gasteiger partial charge >= 0.3 is 0 Å². The van der Waals surface area contributed by atoms with E-state index in [1.165, 1.54) is 0 Å². The van der Waals surface area contributed by atoms with Gasteiger partial charge in [0, 0.05) is 16.2 Å². The second-order valence-corrected chi connectivity index (χ2v) is 4.89. The molecule has 0 radical (unpaired) electrons. The number of pyridine rings is 1. The topological polar surface area (TPSA) is 30.2 Å². The molecular formula is C12H7BrClN3. The number of aromatic nitrogens is 3. The number of hydrogen-bond acceptors (Lipinski definition) is 2. The highest BCUT2D eigenvalue weighted by Gasteiger charge is 2.08. The van der Waals surface area contributed by atoms with E-state index in [1.807, 2.05) is 36.5 Å². The lowest BCUT2D eigenvalue weighted by atomic mass is 10.2. The van der Waals surface area contributed by atoms with E-state index < -0.39 is 0 Å². The lowest BCUT2D eigenvalue weighted by Gasteiger charge is -1.93. The molecule has 0 N–H and O–H groups in total. The quantitative estimate of drug-likeness (QED) is 0.684. The van der Waals surface area contributed by atoms with E-state index in [0.717, 1.165) is 10.0 Å². The van der Waals surface area contributed by atoms with Gasteiger partial charge < -0.3 is 0 Å². The van der Waals surface area contributed by atoms with E-state index >= 15 is 0 Å². The van der Waals surface area contributed by atoms with Gasteiger partial charge in [0.1, 0.15) is 0 Å². The van der Waals surface area contributed by atoms with Crippen molar-refractivity contribution in [2.45, 2.75) is 0 Å². The normalized spacial score (nSPS) is 10.9. The van der Waals surface area contributed by atoms with Gasteiger partial charge in [0.05, 0.1) is 5.02 Å². The molecule has 0 fully saturated rings. The maximum atomic E-state index is 6.05. The zero-order valence-electron chi connectivity index (χ0n) is 8.64. The Kier molecular flexibility index (Phi) is 2.61. The van der Waals surface area contributed by atoms with Gasteiger partial charge in [-0.1, -0.05) is 39.7 Å². The van der Waals surface area contributed by atoms with Gasteiger partial charge in [0.2, 0.25) is 0 Å². The Balaban J connectivity index is 2.18. The van der Waals surface area contributed by atoms with Crippen LogP contribution in [0.5, 0.6) is 0 Å². The summed E-state index contributed by atoms with van der Waals surface area (Å²) in [5.41, 5.74) is 1.64. The molecule has 0 aliphatic rings. The van der Waals surface area contributed by atoms with Crippen molar-refractivity contribution in [1.29, 1.82) is 0 Å². The van der Waals surface area contributed by atoms with E-state index in [0.29, 0.717) is 16.5 Å². The molecule has 0 aliphatic carbocycles. The SMILES string of the molecule is Clc1cccn2nc(-c3ccc(Br)cc3)nc12. The highest BCUT2D eigenvalue weighted by molar-refractivity contribution is 9.10. The molecule has 0 aliphatic heterocycles. The summed E-state index contributed by atoms with van der Waals surface area (Å²) in [5, 5.41) is 4.98. The van der Waals surface area contributed by atoms with Crippen LogP contribution < -0.4 is 0 Å². The smallest absolute Gasteiger partial charge is 0.182 e. The highest BCUT2D eigenvalue weighted by atomic mass is 79.9. The molecule has 0 saturated carbocycles. The van der Waals surface area contributed by atoms with Crippen LogP contribution in [0.2, 0.25) is 5.02 Å². The average molecular weight is 309 g/mol. The van der Waals surface area contributed by atoms with Crippen molar-refractivity contribution in [3.63, 3.8) is 0 Å². The molecular weight excluding hydrogens is 302 g/mol. The molecule has 3 nitrogen and oxygen atoms in total. The Morgan fingerprint density at radius 1 is 1.12 bits per heavy atom. The third kappa shape index (κ3) is 1.94. The standard InChI is InChI=1S/C12H7BrClN3/c13-9-5-3-8(4-6-9)11-15-12-10(14)2-1-7-17(12)16-11/h1-7H. The summed E-state index contributed by atoms with van der Waals surface area (Å²) in [6.45, 7) is 0. The Morgan fingerprint density at radius 3 is 2.59 bits per heavy atom. The Labute approximate surface area is 111 Å². The second-order valence-electron chi connectivity index (χ2n) is 3.57. The van der Waals surface area contributed by atoms with Gasteiger partial charge in [0.25, 0.3) is 0 Å². The number of hydrogen-bond donors (Lipinski definition) is 0. The molecule has 0 bridgehead atoms. The maximum Gasteiger partial charge on any atom is 0.182 e. The number of benzene rings is 1. The van der Waals surface area contributed by atoms with Gasteiger partial charge in [-0.2, -0.15) is 0 Å². The van der Waals surface area contributed by atoms with E-state index in [9.17, 15) is 0 Å². The Hall–Kier alpha value is -1.39. The summed E-state index contributed by atoms with van der Waals surface area (Å²) >= 11 is 9.45. The molecule has 17 heavy (non-hydrogen) atoms. The van der Waals surface area contributed by atoms with Crippen molar-refractivity contribution in [2.75, 3.05) is 0 Å². The summed E-state index contributed by atoms with van der Waals surface area (Å²) in [5.74, 6) is 0.672. The fourth-order valence-corrected chi connectivity index (χ4v) is 2.06. The van der Waals surface area contributed by atoms with Crippen molar-refractivity contribution in [2.24, 2.45) is 0 Å². The minimum absolute atomic E-state index is 0.600. The van der Waals surface area contributed by atoms with E-state index in [4.69, 9.17) is 11.6 Å². The maximum absolute atomic E-state index is 6.05. The summed E-state index contributed by atoms with van der Waals surface area (Å²) in [6.07, 6.45) is 1.83. The van der Waals surface area contributed by atoms with E-state index in [2.05, 4.69) is 26.0 Å². The zero-order valence-corrected chi connectivity index (χ0v) is 11.0. The molecule has 0 unspecified atom stereocenters. The molecule has 84 valence electrons. The Bertz CT molecular complexity index is 676. The molecule has 0 amide bonds. The van der Waals surface area contributed by atoms with Crippen molar-refractivity contribution < 1.29 is 0 Å². The third-order valence-electron chi connectivity index (χ3n) is 2.42. The molecule has 0 atom stereocenters. The van der Waals surface area contributed by atoms with Crippen molar-refractivity contribution in [3.05, 3.63) is 52.1 Å². The van der Waals surface area contributed by atoms with Gasteiger partial charge in [-0.15, -0.1) is 5.10 Å². The molecule has 0 saturated heterocycles. The van der Waals surface area contributed by atoms with Crippen molar-refractivity contribution >= 4 is 33.2 Å². The fourth-order valence-electron chi connectivity index (χ4n) is 1.59. The van der Waals surface area contributed by atoms with Gasteiger partial charge in [-0.3, -0.25) is 0 Å². The first kappa shape index (κ1) is 10.7. The monoisotopic (exact) mass is 307 g/mol. The third-order valence-corrected chi connectivity index (χ3v) is 3.24. The van der Waals surface area contributed by atoms with Crippen LogP contribution in [0, 0.1) is 0 Å². The van der Waals surface area contributed by atoms with E-state index in [-0.39, 0.29) is 0 Å². The molecule has 0 spiro atoms. The lowest BCUT2D eigenvalue weighted by molar-refractivity contribution is 0.966. The van der Waals surface area contributed by atoms with Crippen LogP contribution in [0.1, 0.15) is 0 Å². The first-order valence-corrected chi connectivity index (χ1v) is 6.18. The van der Waals surface area contributed by atoms with Crippen LogP contribution in [0.3, 0.4) is 0 Å². The zero-order chi connectivity index (χ0) is 11.8. The summed E-state index contributed by atoms with van der Waals surface area (Å²) in [6, 6.07) is 11.5. The number of nitrogens with zero attached hydrogens (tertiary/aromatic N) is 3. The van der Waals surface area contributed by atoms with Gasteiger partial charge in [-0.25, -0.2) is 9.50 Å². The number of rotatable bonds is 1. The first-order valence-electron chi connectivity index (χ1n) is 5.01. The molecule has 5 heteroatoms. The predicted molar refractivity (Wildman–Crippen MR) is 71.1 cm³/mol. The van der Waals surface area contributed by atoms with Crippen molar-refractivity contribution in [1.82, 2.24) is 14.6 Å². The molecule has 2 heterocycles.